The quantitative estimate of drug-likeness (QED) is 0.428. The number of methoxy groups -OCH3 is 1. The van der Waals surface area contributed by atoms with Gasteiger partial charge in [0.1, 0.15) is 9.96 Å². The van der Waals surface area contributed by atoms with Gasteiger partial charge < -0.3 is 10.1 Å². The molecule has 2 aromatic carbocycles. The number of thioether (sulfide) groups is 1. The van der Waals surface area contributed by atoms with Crippen molar-refractivity contribution in [2.24, 2.45) is 0 Å². The fourth-order valence-corrected chi connectivity index (χ4v) is 5.41. The highest BCUT2D eigenvalue weighted by Gasteiger charge is 2.15. The summed E-state index contributed by atoms with van der Waals surface area (Å²) in [6, 6.07) is 13.5. The Hall–Kier alpha value is -2.20. The van der Waals surface area contributed by atoms with E-state index in [9.17, 15) is 13.2 Å². The van der Waals surface area contributed by atoms with Crippen LogP contribution in [-0.2, 0) is 14.8 Å². The average molecular weight is 483 g/mol. The van der Waals surface area contributed by atoms with Crippen molar-refractivity contribution in [3.8, 4) is 5.75 Å². The van der Waals surface area contributed by atoms with Gasteiger partial charge in [-0.3, -0.25) is 9.52 Å². The second-order valence-electron chi connectivity index (χ2n) is 6.20. The molecule has 6 nitrogen and oxygen atoms in total. The highest BCUT2D eigenvalue weighted by molar-refractivity contribution is 8.00. The summed E-state index contributed by atoms with van der Waals surface area (Å²) in [7, 11) is -2.07. The molecule has 158 valence electrons. The number of nitrogens with one attached hydrogen (secondary N) is 2. The summed E-state index contributed by atoms with van der Waals surface area (Å²) in [6.07, 6.45) is 0. The molecule has 1 heterocycles. The summed E-state index contributed by atoms with van der Waals surface area (Å²) in [6.45, 7) is 1.85. The van der Waals surface area contributed by atoms with Crippen LogP contribution >= 0.6 is 34.7 Å². The van der Waals surface area contributed by atoms with Crippen molar-refractivity contribution >= 4 is 62.0 Å². The third kappa shape index (κ3) is 5.69. The van der Waals surface area contributed by atoms with Crippen molar-refractivity contribution in [2.45, 2.75) is 16.0 Å². The summed E-state index contributed by atoms with van der Waals surface area (Å²) in [5, 5.41) is 5.10. The Morgan fingerprint density at radius 3 is 2.57 bits per heavy atom. The molecule has 0 unspecified atom stereocenters. The largest absolute Gasteiger partial charge is 0.495 e. The molecule has 10 heteroatoms. The lowest BCUT2D eigenvalue weighted by molar-refractivity contribution is -0.113. The molecule has 1 aromatic heterocycles. The number of hydrogen-bond acceptors (Lipinski definition) is 6. The maximum absolute atomic E-state index is 12.3. The van der Waals surface area contributed by atoms with E-state index in [4.69, 9.17) is 16.3 Å². The number of benzene rings is 2. The summed E-state index contributed by atoms with van der Waals surface area (Å²) in [5.74, 6) is 0.485. The molecule has 0 radical (unpaired) electrons. The number of aryl methyl sites for hydroxylation is 1. The fraction of sp³-hybridized carbons (Fsp3) is 0.150. The zero-order valence-electron chi connectivity index (χ0n) is 16.1. The number of hydrogen-bond donors (Lipinski definition) is 2. The number of sulfonamides is 1. The lowest BCUT2D eigenvalue weighted by Crippen LogP contribution is -2.15. The third-order valence-corrected chi connectivity index (χ3v) is 8.19. The Balaban J connectivity index is 1.58. The van der Waals surface area contributed by atoms with Gasteiger partial charge >= 0.3 is 0 Å². The van der Waals surface area contributed by atoms with Gasteiger partial charge in [-0.15, -0.1) is 23.1 Å². The molecule has 0 aliphatic rings. The summed E-state index contributed by atoms with van der Waals surface area (Å²) < 4.78 is 32.6. The monoisotopic (exact) mass is 482 g/mol. The molecular weight excluding hydrogens is 464 g/mol. The van der Waals surface area contributed by atoms with Gasteiger partial charge in [-0.2, -0.15) is 0 Å². The number of thiophene rings is 1. The van der Waals surface area contributed by atoms with Gasteiger partial charge in [0.2, 0.25) is 5.91 Å². The first-order valence-corrected chi connectivity index (χ1v) is 12.4. The van der Waals surface area contributed by atoms with Crippen LogP contribution in [0, 0.1) is 6.92 Å². The predicted molar refractivity (Wildman–Crippen MR) is 124 cm³/mol. The topological polar surface area (TPSA) is 84.5 Å². The molecule has 0 saturated carbocycles. The van der Waals surface area contributed by atoms with E-state index >= 15 is 0 Å². The first kappa shape index (κ1) is 22.5. The lowest BCUT2D eigenvalue weighted by Gasteiger charge is -2.12. The summed E-state index contributed by atoms with van der Waals surface area (Å²) >= 11 is 8.58. The maximum Gasteiger partial charge on any atom is 0.271 e. The van der Waals surface area contributed by atoms with E-state index < -0.39 is 10.0 Å². The van der Waals surface area contributed by atoms with Gasteiger partial charge in [-0.25, -0.2) is 8.42 Å². The second-order valence-corrected chi connectivity index (χ2v) is 10.5. The third-order valence-electron chi connectivity index (χ3n) is 3.99. The van der Waals surface area contributed by atoms with Crippen LogP contribution in [0.3, 0.4) is 0 Å². The van der Waals surface area contributed by atoms with Gasteiger partial charge in [0.05, 0.1) is 18.6 Å². The number of carbonyl (C=O) groups excluding carboxylic acids is 1. The van der Waals surface area contributed by atoms with Crippen LogP contribution in [-0.4, -0.2) is 27.2 Å². The van der Waals surface area contributed by atoms with Crippen molar-refractivity contribution in [2.75, 3.05) is 22.9 Å². The smallest absolute Gasteiger partial charge is 0.271 e. The van der Waals surface area contributed by atoms with E-state index in [0.29, 0.717) is 22.1 Å². The van der Waals surface area contributed by atoms with Crippen molar-refractivity contribution in [1.29, 1.82) is 0 Å². The van der Waals surface area contributed by atoms with Crippen molar-refractivity contribution in [3.05, 3.63) is 64.5 Å². The van der Waals surface area contributed by atoms with Gasteiger partial charge in [-0.1, -0.05) is 17.7 Å². The van der Waals surface area contributed by atoms with E-state index in [1.54, 1.807) is 53.9 Å². The fourth-order valence-electron chi connectivity index (χ4n) is 2.51. The van der Waals surface area contributed by atoms with Gasteiger partial charge in [0.25, 0.3) is 10.0 Å². The van der Waals surface area contributed by atoms with Crippen molar-refractivity contribution < 1.29 is 17.9 Å². The molecule has 3 rings (SSSR count). The Kier molecular flexibility index (Phi) is 7.30. The molecule has 0 fully saturated rings. The highest BCUT2D eigenvalue weighted by atomic mass is 35.5. The van der Waals surface area contributed by atoms with Crippen LogP contribution in [0.5, 0.6) is 5.75 Å². The van der Waals surface area contributed by atoms with Gasteiger partial charge in [-0.05, 0) is 54.3 Å². The van der Waals surface area contributed by atoms with Crippen LogP contribution in [0.25, 0.3) is 0 Å². The normalized spacial score (nSPS) is 11.2. The molecule has 2 N–H and O–H groups in total. The minimum atomic E-state index is -3.58. The first-order valence-electron chi connectivity index (χ1n) is 8.71. The number of ether oxygens (including phenoxy) is 1. The average Bonchev–Trinajstić information content (AvgIpc) is 3.26. The molecule has 3 aromatic rings. The van der Waals surface area contributed by atoms with Crippen molar-refractivity contribution in [1.82, 2.24) is 0 Å². The number of carbonyl (C=O) groups is 1. The zero-order chi connectivity index (χ0) is 21.7. The van der Waals surface area contributed by atoms with Crippen LogP contribution in [0.4, 0.5) is 11.4 Å². The molecule has 1 amide bonds. The molecule has 0 saturated heterocycles. The van der Waals surface area contributed by atoms with Gasteiger partial charge in [0.15, 0.2) is 0 Å². The minimum Gasteiger partial charge on any atom is -0.495 e. The standard InChI is InChI=1S/C20H19ClN2O4S3/c1-13-10-17(18(27-2)11-16(13)21)22-19(24)12-29-15-7-5-14(6-8-15)23-30(25,26)20-4-3-9-28-20/h3-11,23H,12H2,1-2H3,(H,22,24). The SMILES string of the molecule is COc1cc(Cl)c(C)cc1NC(=O)CSc1ccc(NS(=O)(=O)c2cccs2)cc1. The number of halogens is 1. The molecule has 0 bridgehead atoms. The van der Waals surface area contributed by atoms with Crippen LogP contribution in [0.1, 0.15) is 5.56 Å². The Morgan fingerprint density at radius 1 is 1.20 bits per heavy atom. The lowest BCUT2D eigenvalue weighted by atomic mass is 10.2. The Morgan fingerprint density at radius 2 is 1.93 bits per heavy atom. The molecule has 0 spiro atoms. The van der Waals surface area contributed by atoms with Crippen LogP contribution in [0.2, 0.25) is 5.02 Å². The van der Waals surface area contributed by atoms with E-state index in [2.05, 4.69) is 10.0 Å². The van der Waals surface area contributed by atoms with E-state index in [-0.39, 0.29) is 15.9 Å². The summed E-state index contributed by atoms with van der Waals surface area (Å²) in [5.41, 5.74) is 1.85. The second kappa shape index (κ2) is 9.74. The van der Waals surface area contributed by atoms with Gasteiger partial charge in [0, 0.05) is 21.7 Å². The molecule has 0 aliphatic heterocycles. The molecule has 0 atom stereocenters. The zero-order valence-corrected chi connectivity index (χ0v) is 19.3. The highest BCUT2D eigenvalue weighted by Crippen LogP contribution is 2.31. The Labute approximate surface area is 188 Å². The number of rotatable bonds is 8. The number of anilines is 2. The van der Waals surface area contributed by atoms with Crippen LogP contribution < -0.4 is 14.8 Å². The number of amides is 1. The van der Waals surface area contributed by atoms with E-state index in [0.717, 1.165) is 21.8 Å². The molecule has 30 heavy (non-hydrogen) atoms. The Bertz CT molecular complexity index is 1130. The minimum absolute atomic E-state index is 0.186. The van der Waals surface area contributed by atoms with Crippen LogP contribution in [0.15, 0.2) is 63.0 Å². The summed E-state index contributed by atoms with van der Waals surface area (Å²) in [4.78, 5) is 13.2. The molecule has 0 aliphatic carbocycles. The van der Waals surface area contributed by atoms with E-state index in [1.165, 1.54) is 18.9 Å². The van der Waals surface area contributed by atoms with Crippen molar-refractivity contribution in [3.63, 3.8) is 0 Å². The van der Waals surface area contributed by atoms with E-state index in [1.807, 2.05) is 6.92 Å². The molecular formula is C20H19ClN2O4S3. The first-order chi connectivity index (χ1) is 14.3. The predicted octanol–water partition coefficient (Wildman–Crippen LogP) is 5.25. The maximum atomic E-state index is 12.3.